The van der Waals surface area contributed by atoms with Crippen molar-refractivity contribution in [1.29, 1.82) is 0 Å². The summed E-state index contributed by atoms with van der Waals surface area (Å²) in [7, 11) is 2.18. The number of hydrogen-bond acceptors (Lipinski definition) is 1. The van der Waals surface area contributed by atoms with Gasteiger partial charge in [-0.25, -0.2) is 9.55 Å². The lowest BCUT2D eigenvalue weighted by molar-refractivity contribution is -0.617. The summed E-state index contributed by atoms with van der Waals surface area (Å²) in [6.07, 6.45) is 0. The minimum absolute atomic E-state index is 0.369. The molecule has 4 aromatic carbocycles. The molecule has 7 rings (SSSR count). The average molecular weight is 507 g/mol. The van der Waals surface area contributed by atoms with Gasteiger partial charge in [0, 0.05) is 5.56 Å². The van der Waals surface area contributed by atoms with E-state index in [2.05, 4.69) is 141 Å². The second-order valence-corrected chi connectivity index (χ2v) is 11.0. The summed E-state index contributed by atoms with van der Waals surface area (Å²) in [6, 6.07) is 35.0. The van der Waals surface area contributed by atoms with Crippen LogP contribution in [0.2, 0.25) is 0 Å². The van der Waals surface area contributed by atoms with Crippen molar-refractivity contribution >= 4 is 38.5 Å². The number of imidazole rings is 1. The van der Waals surface area contributed by atoms with Gasteiger partial charge in [0.25, 0.3) is 5.65 Å². The third kappa shape index (κ3) is 3.43. The lowest BCUT2D eigenvalue weighted by Crippen LogP contribution is -2.27. The van der Waals surface area contributed by atoms with Crippen molar-refractivity contribution in [3.63, 3.8) is 0 Å². The van der Waals surface area contributed by atoms with E-state index in [1.807, 2.05) is 0 Å². The molecule has 0 fully saturated rings. The van der Waals surface area contributed by atoms with E-state index in [4.69, 9.17) is 4.98 Å². The normalized spacial score (nSPS) is 11.9. The first kappa shape index (κ1) is 23.6. The van der Waals surface area contributed by atoms with E-state index in [-0.39, 0.29) is 0 Å². The van der Waals surface area contributed by atoms with Gasteiger partial charge in [-0.1, -0.05) is 86.6 Å². The SMILES string of the molecule is Cc1cccc(-c2ccccc2)c1-c1cc(C)c2c(n1)c1c(C(C)C)cccc1n1c3ccccc3[n+](C)c21. The van der Waals surface area contributed by atoms with Crippen LogP contribution in [-0.4, -0.2) is 9.38 Å². The quantitative estimate of drug-likeness (QED) is 0.173. The molecule has 3 heterocycles. The molecule has 3 aromatic heterocycles. The number of fused-ring (bicyclic) bond motifs is 8. The van der Waals surface area contributed by atoms with Crippen LogP contribution in [0.4, 0.5) is 0 Å². The van der Waals surface area contributed by atoms with E-state index >= 15 is 0 Å². The van der Waals surface area contributed by atoms with Crippen LogP contribution in [0.25, 0.3) is 60.9 Å². The molecule has 0 saturated carbocycles. The van der Waals surface area contributed by atoms with E-state index in [0.717, 1.165) is 11.2 Å². The molecule has 0 spiro atoms. The maximum Gasteiger partial charge on any atom is 0.297 e. The molecule has 0 aliphatic rings. The van der Waals surface area contributed by atoms with Gasteiger partial charge in [-0.3, -0.25) is 0 Å². The summed E-state index contributed by atoms with van der Waals surface area (Å²) in [4.78, 5) is 5.56. The number of pyridine rings is 2. The first-order chi connectivity index (χ1) is 19.0. The smallest absolute Gasteiger partial charge is 0.247 e. The van der Waals surface area contributed by atoms with E-state index in [1.165, 1.54) is 66.4 Å². The van der Waals surface area contributed by atoms with Crippen molar-refractivity contribution in [1.82, 2.24) is 9.38 Å². The zero-order valence-electron chi connectivity index (χ0n) is 23.2. The number of benzene rings is 4. The van der Waals surface area contributed by atoms with E-state index in [1.54, 1.807) is 0 Å². The van der Waals surface area contributed by atoms with Crippen molar-refractivity contribution in [2.75, 3.05) is 0 Å². The Kier molecular flexibility index (Phi) is 5.31. The first-order valence-electron chi connectivity index (χ1n) is 13.8. The van der Waals surface area contributed by atoms with Crippen LogP contribution in [0.1, 0.15) is 36.5 Å². The van der Waals surface area contributed by atoms with E-state index in [9.17, 15) is 0 Å². The van der Waals surface area contributed by atoms with Crippen molar-refractivity contribution < 1.29 is 4.57 Å². The molecule has 7 aromatic rings. The Bertz CT molecular complexity index is 2060. The van der Waals surface area contributed by atoms with Crippen molar-refractivity contribution in [3.8, 4) is 22.4 Å². The van der Waals surface area contributed by atoms with Crippen LogP contribution >= 0.6 is 0 Å². The fourth-order valence-corrected chi connectivity index (χ4v) is 6.45. The summed E-state index contributed by atoms with van der Waals surface area (Å²) in [6.45, 7) is 9.01. The number of rotatable bonds is 3. The zero-order valence-corrected chi connectivity index (χ0v) is 23.2. The van der Waals surface area contributed by atoms with Gasteiger partial charge in [-0.05, 0) is 71.8 Å². The van der Waals surface area contributed by atoms with Gasteiger partial charge in [-0.15, -0.1) is 0 Å². The van der Waals surface area contributed by atoms with Gasteiger partial charge in [0.15, 0.2) is 11.0 Å². The summed E-state index contributed by atoms with van der Waals surface area (Å²) < 4.78 is 4.77. The Morgan fingerprint density at radius 1 is 0.718 bits per heavy atom. The number of aromatic nitrogens is 3. The molecular weight excluding hydrogens is 474 g/mol. The Morgan fingerprint density at radius 2 is 1.44 bits per heavy atom. The minimum atomic E-state index is 0.369. The molecule has 0 saturated heterocycles. The number of para-hydroxylation sites is 2. The minimum Gasteiger partial charge on any atom is -0.247 e. The third-order valence-corrected chi connectivity index (χ3v) is 8.24. The molecule has 39 heavy (non-hydrogen) atoms. The molecule has 3 heteroatoms. The third-order valence-electron chi connectivity index (χ3n) is 8.24. The average Bonchev–Trinajstić information content (AvgIpc) is 3.25. The first-order valence-corrected chi connectivity index (χ1v) is 13.8. The number of hydrogen-bond donors (Lipinski definition) is 0. The van der Waals surface area contributed by atoms with Crippen LogP contribution in [0, 0.1) is 13.8 Å². The highest BCUT2D eigenvalue weighted by Crippen LogP contribution is 2.40. The van der Waals surface area contributed by atoms with Crippen LogP contribution in [0.15, 0.2) is 97.1 Å². The van der Waals surface area contributed by atoms with Crippen LogP contribution < -0.4 is 4.57 Å². The largest absolute Gasteiger partial charge is 0.297 e. The van der Waals surface area contributed by atoms with Gasteiger partial charge < -0.3 is 0 Å². The molecule has 0 aliphatic carbocycles. The Balaban J connectivity index is 1.70. The standard InChI is InChI=1S/C36H32N3/c1-22(2)26-16-12-20-31-34(26)35-33(36-38(5)29-18-9-10-19-30(29)39(31)36)24(4)21-28(37-35)32-23(3)13-11-17-27(32)25-14-7-6-8-15-25/h6-22H,1-5H3/q+1. The van der Waals surface area contributed by atoms with Crippen molar-refractivity contribution in [2.45, 2.75) is 33.6 Å². The zero-order chi connectivity index (χ0) is 26.8. The summed E-state index contributed by atoms with van der Waals surface area (Å²) in [5.74, 6) is 0.369. The molecule has 0 unspecified atom stereocenters. The molecule has 3 nitrogen and oxygen atoms in total. The second-order valence-electron chi connectivity index (χ2n) is 11.0. The van der Waals surface area contributed by atoms with Gasteiger partial charge in [-0.2, -0.15) is 4.40 Å². The number of nitrogens with zero attached hydrogens (tertiary/aromatic N) is 3. The predicted molar refractivity (Wildman–Crippen MR) is 163 cm³/mol. The highest BCUT2D eigenvalue weighted by atomic mass is 15.1. The molecular formula is C36H32N3+. The molecule has 0 atom stereocenters. The summed E-state index contributed by atoms with van der Waals surface area (Å²) in [5, 5.41) is 2.46. The molecule has 0 amide bonds. The maximum atomic E-state index is 5.56. The maximum absolute atomic E-state index is 5.56. The lowest BCUT2D eigenvalue weighted by atomic mass is 9.91. The molecule has 0 N–H and O–H groups in total. The Morgan fingerprint density at radius 3 is 2.23 bits per heavy atom. The predicted octanol–water partition coefficient (Wildman–Crippen LogP) is 8.69. The van der Waals surface area contributed by atoms with Gasteiger partial charge in [0.2, 0.25) is 0 Å². The van der Waals surface area contributed by atoms with Crippen LogP contribution in [0.3, 0.4) is 0 Å². The van der Waals surface area contributed by atoms with Crippen LogP contribution in [0.5, 0.6) is 0 Å². The number of aryl methyl sites for hydroxylation is 3. The van der Waals surface area contributed by atoms with Gasteiger partial charge in [0.05, 0.1) is 29.0 Å². The van der Waals surface area contributed by atoms with Crippen LogP contribution in [-0.2, 0) is 7.05 Å². The highest BCUT2D eigenvalue weighted by molar-refractivity contribution is 6.14. The Labute approximate surface area is 229 Å². The van der Waals surface area contributed by atoms with E-state index < -0.39 is 0 Å². The lowest BCUT2D eigenvalue weighted by Gasteiger charge is -2.17. The highest BCUT2D eigenvalue weighted by Gasteiger charge is 2.27. The fourth-order valence-electron chi connectivity index (χ4n) is 6.45. The monoisotopic (exact) mass is 506 g/mol. The van der Waals surface area contributed by atoms with Gasteiger partial charge in [0.1, 0.15) is 5.52 Å². The topological polar surface area (TPSA) is 21.2 Å². The van der Waals surface area contributed by atoms with Gasteiger partial charge >= 0.3 is 0 Å². The van der Waals surface area contributed by atoms with E-state index in [0.29, 0.717) is 5.92 Å². The van der Waals surface area contributed by atoms with Crippen molar-refractivity contribution in [2.24, 2.45) is 7.05 Å². The molecule has 0 aliphatic heterocycles. The molecule has 0 radical (unpaired) electrons. The second kappa shape index (κ2) is 8.78. The molecule has 190 valence electrons. The Hall–Kier alpha value is -4.50. The molecule has 0 bridgehead atoms. The van der Waals surface area contributed by atoms with Crippen molar-refractivity contribution in [3.05, 3.63) is 114 Å². The summed E-state index contributed by atoms with van der Waals surface area (Å²) >= 11 is 0. The fraction of sp³-hybridized carbons (Fsp3) is 0.167. The summed E-state index contributed by atoms with van der Waals surface area (Å²) in [5.41, 5.74) is 14.4.